The second-order valence-electron chi connectivity index (χ2n) is 7.77. The summed E-state index contributed by atoms with van der Waals surface area (Å²) in [5.41, 5.74) is 5.81. The molecule has 1 atom stereocenters. The van der Waals surface area contributed by atoms with Gasteiger partial charge < -0.3 is 14.4 Å². The number of ether oxygens (including phenoxy) is 1. The van der Waals surface area contributed by atoms with Crippen LogP contribution in [-0.2, 0) is 11.3 Å². The summed E-state index contributed by atoms with van der Waals surface area (Å²) in [5, 5.41) is 9.33. The van der Waals surface area contributed by atoms with Crippen molar-refractivity contribution in [2.45, 2.75) is 25.4 Å². The SMILES string of the molecule is CC1c2ccc(C(=O)O)n2CCN1C(=O)OCC1c2ccccc2-c2ccccc21. The molecule has 1 aromatic heterocycles. The number of benzene rings is 2. The zero-order chi connectivity index (χ0) is 20.8. The predicted octanol–water partition coefficient (Wildman–Crippen LogP) is 4.51. The highest BCUT2D eigenvalue weighted by Gasteiger charge is 2.33. The fourth-order valence-electron chi connectivity index (χ4n) is 4.77. The lowest BCUT2D eigenvalue weighted by Gasteiger charge is -2.34. The van der Waals surface area contributed by atoms with Crippen LogP contribution in [0.3, 0.4) is 0 Å². The molecule has 6 heteroatoms. The number of fused-ring (bicyclic) bond motifs is 4. The van der Waals surface area contributed by atoms with Crippen LogP contribution in [0.25, 0.3) is 11.1 Å². The van der Waals surface area contributed by atoms with Crippen molar-refractivity contribution in [2.24, 2.45) is 0 Å². The molecule has 0 bridgehead atoms. The number of carboxylic acid groups (broad SMARTS) is 1. The molecule has 1 unspecified atom stereocenters. The van der Waals surface area contributed by atoms with Crippen molar-refractivity contribution >= 4 is 12.1 Å². The zero-order valence-corrected chi connectivity index (χ0v) is 16.6. The molecule has 5 rings (SSSR count). The third-order valence-electron chi connectivity index (χ3n) is 6.26. The quantitative estimate of drug-likeness (QED) is 0.700. The van der Waals surface area contributed by atoms with Gasteiger partial charge in [0.1, 0.15) is 12.3 Å². The van der Waals surface area contributed by atoms with Gasteiger partial charge >= 0.3 is 12.1 Å². The van der Waals surface area contributed by atoms with Crippen LogP contribution in [0.15, 0.2) is 60.7 Å². The Balaban J connectivity index is 1.34. The van der Waals surface area contributed by atoms with Gasteiger partial charge in [0.15, 0.2) is 0 Å². The molecule has 1 aliphatic carbocycles. The minimum atomic E-state index is -0.956. The van der Waals surface area contributed by atoms with Crippen LogP contribution in [0.5, 0.6) is 0 Å². The zero-order valence-electron chi connectivity index (χ0n) is 16.6. The lowest BCUT2D eigenvalue weighted by Crippen LogP contribution is -2.42. The minimum Gasteiger partial charge on any atom is -0.477 e. The van der Waals surface area contributed by atoms with E-state index in [0.29, 0.717) is 13.1 Å². The van der Waals surface area contributed by atoms with Gasteiger partial charge in [-0.1, -0.05) is 48.5 Å². The Bertz CT molecular complexity index is 1100. The first-order valence-electron chi connectivity index (χ1n) is 10.1. The monoisotopic (exact) mass is 402 g/mol. The normalized spacial score (nSPS) is 17.2. The first-order valence-corrected chi connectivity index (χ1v) is 10.1. The number of amides is 1. The third kappa shape index (κ3) is 2.79. The first-order chi connectivity index (χ1) is 14.6. The average Bonchev–Trinajstić information content (AvgIpc) is 3.33. The third-order valence-corrected chi connectivity index (χ3v) is 6.26. The van der Waals surface area contributed by atoms with Gasteiger partial charge in [0, 0.05) is 24.7 Å². The number of carbonyl (C=O) groups is 2. The van der Waals surface area contributed by atoms with Gasteiger partial charge in [-0.3, -0.25) is 4.90 Å². The van der Waals surface area contributed by atoms with Gasteiger partial charge in [0.05, 0.1) is 6.04 Å². The van der Waals surface area contributed by atoms with Crippen molar-refractivity contribution < 1.29 is 19.4 Å². The van der Waals surface area contributed by atoms with Gasteiger partial charge in [0.25, 0.3) is 0 Å². The number of carboxylic acids is 1. The Labute approximate surface area is 174 Å². The molecule has 1 amide bonds. The fraction of sp³-hybridized carbons (Fsp3) is 0.250. The highest BCUT2D eigenvalue weighted by Crippen LogP contribution is 2.44. The topological polar surface area (TPSA) is 71.8 Å². The van der Waals surface area contributed by atoms with E-state index in [1.54, 1.807) is 21.6 Å². The Kier molecular flexibility index (Phi) is 4.35. The molecule has 2 heterocycles. The number of aromatic carboxylic acids is 1. The Morgan fingerprint density at radius 3 is 2.23 bits per heavy atom. The van der Waals surface area contributed by atoms with Crippen LogP contribution in [0.2, 0.25) is 0 Å². The summed E-state index contributed by atoms with van der Waals surface area (Å²) in [7, 11) is 0. The Morgan fingerprint density at radius 1 is 0.967 bits per heavy atom. The van der Waals surface area contributed by atoms with Gasteiger partial charge in [0.2, 0.25) is 0 Å². The minimum absolute atomic E-state index is 0.0175. The van der Waals surface area contributed by atoms with E-state index in [2.05, 4.69) is 24.3 Å². The maximum atomic E-state index is 12.9. The molecule has 0 fully saturated rings. The summed E-state index contributed by atoms with van der Waals surface area (Å²) >= 11 is 0. The Hall–Kier alpha value is -3.54. The lowest BCUT2D eigenvalue weighted by atomic mass is 9.98. The largest absolute Gasteiger partial charge is 0.477 e. The van der Waals surface area contributed by atoms with E-state index in [9.17, 15) is 14.7 Å². The lowest BCUT2D eigenvalue weighted by molar-refractivity contribution is 0.0667. The van der Waals surface area contributed by atoms with Crippen molar-refractivity contribution in [1.82, 2.24) is 9.47 Å². The second kappa shape index (κ2) is 7.06. The maximum Gasteiger partial charge on any atom is 0.410 e. The molecule has 0 saturated carbocycles. The number of hydrogen-bond acceptors (Lipinski definition) is 3. The van der Waals surface area contributed by atoms with E-state index in [1.165, 1.54) is 22.3 Å². The van der Waals surface area contributed by atoms with E-state index < -0.39 is 5.97 Å². The summed E-state index contributed by atoms with van der Waals surface area (Å²) in [6.07, 6.45) is -0.367. The fourth-order valence-corrected chi connectivity index (χ4v) is 4.77. The van der Waals surface area contributed by atoms with Gasteiger partial charge in [-0.25, -0.2) is 9.59 Å². The highest BCUT2D eigenvalue weighted by atomic mass is 16.6. The average molecular weight is 402 g/mol. The number of carbonyl (C=O) groups excluding carboxylic acids is 1. The summed E-state index contributed by atoms with van der Waals surface area (Å²) in [4.78, 5) is 26.0. The summed E-state index contributed by atoms with van der Waals surface area (Å²) < 4.78 is 7.54. The van der Waals surface area contributed by atoms with Gasteiger partial charge in [-0.15, -0.1) is 0 Å². The first kappa shape index (κ1) is 18.5. The smallest absolute Gasteiger partial charge is 0.410 e. The van der Waals surface area contributed by atoms with Crippen LogP contribution in [0.4, 0.5) is 4.79 Å². The van der Waals surface area contributed by atoms with E-state index in [0.717, 1.165) is 5.69 Å². The molecular formula is C24H22N2O4. The van der Waals surface area contributed by atoms with Crippen LogP contribution in [0.1, 0.15) is 46.2 Å². The van der Waals surface area contributed by atoms with Crippen LogP contribution in [-0.4, -0.2) is 39.8 Å². The molecule has 3 aromatic rings. The molecule has 1 N–H and O–H groups in total. The Morgan fingerprint density at radius 2 is 1.60 bits per heavy atom. The standard InChI is InChI=1S/C24H22N2O4/c1-15-21-10-11-22(23(27)28)26(21)13-12-25(15)24(29)30-14-20-18-8-4-2-6-16(18)17-7-3-5-9-19(17)20/h2-11,15,20H,12-14H2,1H3,(H,27,28). The van der Waals surface area contributed by atoms with Crippen molar-refractivity contribution in [3.05, 3.63) is 83.2 Å². The molecule has 152 valence electrons. The number of aromatic nitrogens is 1. The summed E-state index contributed by atoms with van der Waals surface area (Å²) in [6.45, 7) is 3.04. The molecule has 1 aliphatic heterocycles. The van der Waals surface area contributed by atoms with Gasteiger partial charge in [-0.2, -0.15) is 0 Å². The number of hydrogen-bond donors (Lipinski definition) is 1. The summed E-state index contributed by atoms with van der Waals surface area (Å²) in [5.74, 6) is -0.938. The van der Waals surface area contributed by atoms with Crippen molar-refractivity contribution in [3.8, 4) is 11.1 Å². The molecule has 0 spiro atoms. The molecule has 2 aromatic carbocycles. The molecular weight excluding hydrogens is 380 g/mol. The van der Waals surface area contributed by atoms with Crippen molar-refractivity contribution in [3.63, 3.8) is 0 Å². The highest BCUT2D eigenvalue weighted by molar-refractivity contribution is 5.86. The predicted molar refractivity (Wildman–Crippen MR) is 112 cm³/mol. The summed E-state index contributed by atoms with van der Waals surface area (Å²) in [6, 6.07) is 19.6. The van der Waals surface area contributed by atoms with Crippen LogP contribution < -0.4 is 0 Å². The molecule has 0 radical (unpaired) electrons. The van der Waals surface area contributed by atoms with Crippen molar-refractivity contribution in [2.75, 3.05) is 13.2 Å². The van der Waals surface area contributed by atoms with E-state index in [4.69, 9.17) is 4.74 Å². The van der Waals surface area contributed by atoms with E-state index in [-0.39, 0.29) is 30.4 Å². The van der Waals surface area contributed by atoms with Gasteiger partial charge in [-0.05, 0) is 41.3 Å². The van der Waals surface area contributed by atoms with Crippen molar-refractivity contribution in [1.29, 1.82) is 0 Å². The van der Waals surface area contributed by atoms with Crippen LogP contribution >= 0.6 is 0 Å². The van der Waals surface area contributed by atoms with Crippen LogP contribution in [0, 0.1) is 0 Å². The molecule has 0 saturated heterocycles. The second-order valence-corrected chi connectivity index (χ2v) is 7.77. The molecule has 30 heavy (non-hydrogen) atoms. The maximum absolute atomic E-state index is 12.9. The number of nitrogens with zero attached hydrogens (tertiary/aromatic N) is 2. The van der Waals surface area contributed by atoms with E-state index >= 15 is 0 Å². The number of rotatable bonds is 3. The molecule has 2 aliphatic rings. The van der Waals surface area contributed by atoms with E-state index in [1.807, 2.05) is 31.2 Å². The molecule has 6 nitrogen and oxygen atoms in total.